The lowest BCUT2D eigenvalue weighted by Gasteiger charge is -2.13. The zero-order chi connectivity index (χ0) is 27.2. The fourth-order valence-corrected chi connectivity index (χ4v) is 6.05. The summed E-state index contributed by atoms with van der Waals surface area (Å²) in [6.07, 6.45) is 8.40. The molecule has 0 saturated carbocycles. The lowest BCUT2D eigenvalue weighted by Crippen LogP contribution is -2.15. The number of anilines is 1. The van der Waals surface area contributed by atoms with Crippen LogP contribution in [0.4, 0.5) is 15.1 Å². The Balaban J connectivity index is 1.36. The molecule has 0 aliphatic heterocycles. The molecule has 1 aliphatic carbocycles. The lowest BCUT2D eigenvalue weighted by atomic mass is 9.96. The van der Waals surface area contributed by atoms with E-state index in [9.17, 15) is 9.18 Å². The molecular formula is C33H33FN2O2S. The van der Waals surface area contributed by atoms with Crippen molar-refractivity contribution in [1.29, 1.82) is 0 Å². The number of benzene rings is 3. The van der Waals surface area contributed by atoms with Gasteiger partial charge in [-0.3, -0.25) is 4.79 Å². The summed E-state index contributed by atoms with van der Waals surface area (Å²) >= 11 is 1.65. The van der Waals surface area contributed by atoms with Crippen molar-refractivity contribution >= 4 is 34.1 Å². The number of aryl methyl sites for hydroxylation is 3. The van der Waals surface area contributed by atoms with Gasteiger partial charge in [0, 0.05) is 16.8 Å². The van der Waals surface area contributed by atoms with E-state index in [1.165, 1.54) is 35.4 Å². The van der Waals surface area contributed by atoms with E-state index in [2.05, 4.69) is 11.4 Å². The maximum Gasteiger partial charge on any atom is 0.259 e. The zero-order valence-electron chi connectivity index (χ0n) is 22.4. The molecule has 1 N–H and O–H groups in total. The maximum absolute atomic E-state index is 13.7. The molecule has 0 bridgehead atoms. The molecule has 0 saturated heterocycles. The largest absolute Gasteiger partial charge is 0.489 e. The van der Waals surface area contributed by atoms with E-state index in [0.29, 0.717) is 12.2 Å². The van der Waals surface area contributed by atoms with E-state index in [1.807, 2.05) is 56.5 Å². The van der Waals surface area contributed by atoms with Gasteiger partial charge in [0.2, 0.25) is 0 Å². The van der Waals surface area contributed by atoms with Crippen molar-refractivity contribution in [3.8, 4) is 5.75 Å². The highest BCUT2D eigenvalue weighted by atomic mass is 32.1. The van der Waals surface area contributed by atoms with Gasteiger partial charge in [-0.05, 0) is 110 Å². The second-order valence-electron chi connectivity index (χ2n) is 10.1. The van der Waals surface area contributed by atoms with E-state index in [0.717, 1.165) is 64.4 Å². The quantitative estimate of drug-likeness (QED) is 0.238. The average Bonchev–Trinajstić information content (AvgIpc) is 3.26. The molecule has 0 fully saturated rings. The van der Waals surface area contributed by atoms with Crippen LogP contribution in [-0.4, -0.2) is 12.1 Å². The monoisotopic (exact) mass is 540 g/mol. The molecule has 0 atom stereocenters. The summed E-state index contributed by atoms with van der Waals surface area (Å²) in [6, 6.07) is 20.1. The second kappa shape index (κ2) is 12.4. The molecule has 200 valence electrons. The number of carbonyl (C=O) groups excluding carboxylic acids is 1. The first-order valence-electron chi connectivity index (χ1n) is 13.5. The van der Waals surface area contributed by atoms with Crippen LogP contribution in [-0.2, 0) is 19.4 Å². The number of nitrogens with zero attached hydrogens (tertiary/aromatic N) is 1. The van der Waals surface area contributed by atoms with Crippen molar-refractivity contribution in [1.82, 2.24) is 0 Å². The first-order chi connectivity index (χ1) is 19.0. The molecule has 4 nitrogen and oxygen atoms in total. The Hall–Kier alpha value is -3.77. The molecule has 0 radical (unpaired) electrons. The molecule has 5 rings (SSSR count). The van der Waals surface area contributed by atoms with Gasteiger partial charge in [-0.1, -0.05) is 37.1 Å². The minimum atomic E-state index is -0.258. The smallest absolute Gasteiger partial charge is 0.259 e. The summed E-state index contributed by atoms with van der Waals surface area (Å²) < 4.78 is 19.0. The summed E-state index contributed by atoms with van der Waals surface area (Å²) in [7, 11) is 0. The molecule has 0 unspecified atom stereocenters. The Morgan fingerprint density at radius 3 is 2.49 bits per heavy atom. The number of fused-ring (bicyclic) bond motifs is 1. The fourth-order valence-electron chi connectivity index (χ4n) is 4.82. The minimum Gasteiger partial charge on any atom is -0.489 e. The summed E-state index contributed by atoms with van der Waals surface area (Å²) in [6.45, 7) is 4.41. The van der Waals surface area contributed by atoms with E-state index in [1.54, 1.807) is 23.5 Å². The van der Waals surface area contributed by atoms with Crippen LogP contribution < -0.4 is 10.1 Å². The van der Waals surface area contributed by atoms with Gasteiger partial charge in [0.1, 0.15) is 23.2 Å². The number of hydrogen-bond acceptors (Lipinski definition) is 4. The van der Waals surface area contributed by atoms with Crippen LogP contribution in [0, 0.1) is 19.7 Å². The molecule has 1 amide bonds. The maximum atomic E-state index is 13.7. The highest BCUT2D eigenvalue weighted by Gasteiger charge is 2.24. The van der Waals surface area contributed by atoms with Gasteiger partial charge in [-0.15, -0.1) is 11.3 Å². The summed E-state index contributed by atoms with van der Waals surface area (Å²) in [4.78, 5) is 19.8. The molecule has 4 aromatic rings. The molecule has 0 spiro atoms. The molecule has 1 heterocycles. The number of aliphatic imine (C=N–C) groups is 1. The highest BCUT2D eigenvalue weighted by molar-refractivity contribution is 7.16. The van der Waals surface area contributed by atoms with Gasteiger partial charge >= 0.3 is 0 Å². The van der Waals surface area contributed by atoms with Gasteiger partial charge < -0.3 is 10.1 Å². The van der Waals surface area contributed by atoms with E-state index >= 15 is 0 Å². The number of hydrogen-bond donors (Lipinski definition) is 1. The summed E-state index contributed by atoms with van der Waals surface area (Å²) in [5.74, 6) is 0.383. The Morgan fingerprint density at radius 1 is 0.974 bits per heavy atom. The van der Waals surface area contributed by atoms with Gasteiger partial charge in [0.05, 0.1) is 5.56 Å². The lowest BCUT2D eigenvalue weighted by molar-refractivity contribution is 0.102. The predicted molar refractivity (Wildman–Crippen MR) is 158 cm³/mol. The van der Waals surface area contributed by atoms with E-state index < -0.39 is 0 Å². The van der Waals surface area contributed by atoms with Crippen molar-refractivity contribution in [3.05, 3.63) is 111 Å². The van der Waals surface area contributed by atoms with Crippen molar-refractivity contribution in [3.63, 3.8) is 0 Å². The normalized spacial score (nSPS) is 13.5. The van der Waals surface area contributed by atoms with Crippen molar-refractivity contribution < 1.29 is 13.9 Å². The third-order valence-electron chi connectivity index (χ3n) is 7.05. The minimum absolute atomic E-state index is 0.0848. The standard InChI is InChI=1S/C33H33FN2O2S/c1-22-9-10-23(2)29(19-22)36-32(37)31-28-7-5-3-4-6-8-30(28)39-33(31)35-20-24-13-17-27(18-14-24)38-21-25-11-15-26(34)16-12-25/h9-20H,3-8,21H2,1-2H3,(H,36,37). The molecule has 39 heavy (non-hydrogen) atoms. The van der Waals surface area contributed by atoms with Crippen molar-refractivity contribution in [2.75, 3.05) is 5.32 Å². The molecular weight excluding hydrogens is 507 g/mol. The molecule has 3 aromatic carbocycles. The topological polar surface area (TPSA) is 50.7 Å². The Morgan fingerprint density at radius 2 is 1.72 bits per heavy atom. The number of ether oxygens (including phenoxy) is 1. The van der Waals surface area contributed by atoms with Crippen LogP contribution in [0.25, 0.3) is 0 Å². The van der Waals surface area contributed by atoms with Gasteiger partial charge in [0.15, 0.2) is 0 Å². The second-order valence-corrected chi connectivity index (χ2v) is 11.2. The van der Waals surface area contributed by atoms with Crippen LogP contribution >= 0.6 is 11.3 Å². The van der Waals surface area contributed by atoms with Crippen LogP contribution in [0.3, 0.4) is 0 Å². The van der Waals surface area contributed by atoms with Crippen LogP contribution in [0.2, 0.25) is 0 Å². The zero-order valence-corrected chi connectivity index (χ0v) is 23.2. The van der Waals surface area contributed by atoms with Gasteiger partial charge in [-0.25, -0.2) is 9.38 Å². The number of nitrogens with one attached hydrogen (secondary N) is 1. The number of carbonyl (C=O) groups is 1. The van der Waals surface area contributed by atoms with E-state index in [4.69, 9.17) is 9.73 Å². The first kappa shape index (κ1) is 26.8. The van der Waals surface area contributed by atoms with Crippen molar-refractivity contribution in [2.45, 2.75) is 59.0 Å². The van der Waals surface area contributed by atoms with E-state index in [-0.39, 0.29) is 11.7 Å². The number of halogens is 1. The number of amides is 1. The van der Waals surface area contributed by atoms with Crippen LogP contribution in [0.5, 0.6) is 5.75 Å². The Kier molecular flexibility index (Phi) is 8.52. The molecule has 1 aliphatic rings. The third kappa shape index (κ3) is 6.82. The average molecular weight is 541 g/mol. The van der Waals surface area contributed by atoms with Crippen LogP contribution in [0.1, 0.15) is 68.7 Å². The molecule has 1 aromatic heterocycles. The summed E-state index contributed by atoms with van der Waals surface area (Å²) in [5, 5.41) is 3.94. The molecule has 6 heteroatoms. The SMILES string of the molecule is Cc1ccc(C)c(NC(=O)c2c(N=Cc3ccc(OCc4ccc(F)cc4)cc3)sc3c2CCCCCC3)c1. The number of thiophene rings is 1. The number of rotatable bonds is 7. The van der Waals surface area contributed by atoms with Gasteiger partial charge in [0.25, 0.3) is 5.91 Å². The Labute approximate surface area is 233 Å². The predicted octanol–water partition coefficient (Wildman–Crippen LogP) is 8.74. The first-order valence-corrected chi connectivity index (χ1v) is 14.3. The fraction of sp³-hybridized carbons (Fsp3) is 0.273. The van der Waals surface area contributed by atoms with Crippen LogP contribution in [0.15, 0.2) is 71.7 Å². The third-order valence-corrected chi connectivity index (χ3v) is 8.25. The summed E-state index contributed by atoms with van der Waals surface area (Å²) in [5.41, 5.74) is 6.70. The Bertz CT molecular complexity index is 1470. The van der Waals surface area contributed by atoms with Crippen molar-refractivity contribution in [2.24, 2.45) is 4.99 Å². The van der Waals surface area contributed by atoms with Gasteiger partial charge in [-0.2, -0.15) is 0 Å². The highest BCUT2D eigenvalue weighted by Crippen LogP contribution is 2.39.